The third-order valence-corrected chi connectivity index (χ3v) is 25.2. The lowest BCUT2D eigenvalue weighted by Gasteiger charge is -2.08. The molecule has 0 amide bonds. The van der Waals surface area contributed by atoms with Gasteiger partial charge >= 0.3 is 0 Å². The minimum atomic E-state index is -0.635. The molecule has 0 saturated heterocycles. The molecule has 7 aromatic heterocycles. The molecule has 0 fully saturated rings. The summed E-state index contributed by atoms with van der Waals surface area (Å²) in [6, 6.07) is 79.2. The van der Waals surface area contributed by atoms with Gasteiger partial charge in [-0.25, -0.2) is 18.2 Å². The second-order valence-corrected chi connectivity index (χ2v) is 36.9. The highest BCUT2D eigenvalue weighted by Gasteiger charge is 2.27. The Morgan fingerprint density at radius 2 is 0.503 bits per heavy atom. The molecule has 9 aromatic carbocycles. The smallest absolute Gasteiger partial charge is 0.220 e. The molecule has 0 N–H and O–H groups in total. The first kappa shape index (κ1) is 101. The van der Waals surface area contributed by atoms with E-state index < -0.39 is 17.6 Å². The van der Waals surface area contributed by atoms with Crippen molar-refractivity contribution < 1.29 is 51.1 Å². The van der Waals surface area contributed by atoms with Crippen LogP contribution in [-0.4, -0.2) is 110 Å². The van der Waals surface area contributed by atoms with Crippen LogP contribution in [-0.2, 0) is 67.3 Å². The van der Waals surface area contributed by atoms with Crippen LogP contribution in [0.4, 0.5) is 51.7 Å². The van der Waals surface area contributed by atoms with E-state index in [0.717, 1.165) is 198 Å². The molecular weight excluding hydrogens is 1850 g/mol. The van der Waals surface area contributed by atoms with Crippen LogP contribution in [0.1, 0.15) is 158 Å². The molecule has 22 rings (SSSR count). The van der Waals surface area contributed by atoms with Crippen molar-refractivity contribution in [2.75, 3.05) is 6.61 Å². The van der Waals surface area contributed by atoms with Crippen LogP contribution in [0.3, 0.4) is 0 Å². The topological polar surface area (TPSA) is 276 Å². The average molecular weight is 1950 g/mol. The van der Waals surface area contributed by atoms with Gasteiger partial charge in [-0.1, -0.05) is 90.0 Å². The van der Waals surface area contributed by atoms with E-state index in [1.807, 2.05) is 226 Å². The maximum atomic E-state index is 14.1. The van der Waals surface area contributed by atoms with Crippen molar-refractivity contribution >= 4 is 103 Å². The molecule has 0 atom stereocenters. The Morgan fingerprint density at radius 3 is 0.810 bits per heavy atom. The maximum absolute atomic E-state index is 14.1. The number of nitrogens with zero attached hydrogens (tertiary/aromatic N) is 13. The lowest BCUT2D eigenvalue weighted by Crippen LogP contribution is -2.09. The van der Waals surface area contributed by atoms with Gasteiger partial charge in [0.2, 0.25) is 5.95 Å². The van der Waals surface area contributed by atoms with Crippen LogP contribution in [0.2, 0.25) is 0 Å². The van der Waals surface area contributed by atoms with Crippen LogP contribution >= 0.6 is 0 Å². The van der Waals surface area contributed by atoms with Gasteiger partial charge in [-0.2, -0.15) is 4.39 Å². The summed E-state index contributed by atoms with van der Waals surface area (Å²) in [7, 11) is 0. The van der Waals surface area contributed by atoms with Gasteiger partial charge in [-0.3, -0.25) is 88.6 Å². The van der Waals surface area contributed by atoms with E-state index in [9.17, 15) is 46.3 Å². The summed E-state index contributed by atoms with van der Waals surface area (Å²) in [5.41, 5.74) is 34.0. The minimum Gasteiger partial charge on any atom is -0.494 e. The standard InChI is InChI=1S/C24H22N2O2.C22H16F2N2O.C22H17FN2O.C21H16FN3O.2C17H16N2O/c1-3-28-22-7-4-17(5-8-22)18-6-9-23-20(13-18)14-21(27)15-24(26-23)19-10-11-25-16(2)12-19;1-13-6-15(4-5-25-13)22-12-20(27)10-17-7-14(2-3-21(17)26-22)16-8-18(23)11-19(24)9-16;1-14-10-16(8-9-24-14)22-13-18(26)12-17-11-15(6-7-21(17)25-22)19-4-2-3-5-20(19)23;1-13-9-15(6-8-23-13)20-12-17(26)11-16-10-14(4-5-19(16)25-20)18-3-2-7-24-21(18)22;2*1-11-3-4-16-14(7-11)9-15(20)10-17(19-16)13-5-6-18-12(2)8-13/h4-13H,3,14-15H2,1-2H3;2-9,11H,10,12H2,1H3;2-11H,12-13H2,1H3;2-10H,11-12H2,1H3;2*3-8H,9-10H2,1-2H3. The van der Waals surface area contributed by atoms with Gasteiger partial charge in [-0.15, -0.1) is 0 Å². The number of ketones is 6. The van der Waals surface area contributed by atoms with Crippen molar-refractivity contribution in [3.63, 3.8) is 0 Å². The van der Waals surface area contributed by atoms with E-state index in [1.165, 1.54) is 24.4 Å². The zero-order chi connectivity index (χ0) is 103. The molecule has 24 heteroatoms. The fourth-order valence-corrected chi connectivity index (χ4v) is 18.1. The quantitative estimate of drug-likeness (QED) is 0.0812. The van der Waals surface area contributed by atoms with E-state index in [0.29, 0.717) is 90.8 Å². The predicted octanol–water partition coefficient (Wildman–Crippen LogP) is 25.8. The summed E-state index contributed by atoms with van der Waals surface area (Å²) in [6.07, 6.45) is 15.9. The van der Waals surface area contributed by atoms with Crippen molar-refractivity contribution in [2.24, 2.45) is 30.0 Å². The second kappa shape index (κ2) is 46.3. The van der Waals surface area contributed by atoms with E-state index in [1.54, 1.807) is 85.7 Å². The number of benzene rings is 9. The molecule has 147 heavy (non-hydrogen) atoms. The van der Waals surface area contributed by atoms with Gasteiger partial charge in [0, 0.05) is 172 Å². The molecule has 0 radical (unpaired) electrons. The molecule has 0 bridgehead atoms. The summed E-state index contributed by atoms with van der Waals surface area (Å²) >= 11 is 0. The number of halogens is 4. The van der Waals surface area contributed by atoms with Gasteiger partial charge in [0.1, 0.15) is 57.9 Å². The molecule has 20 nitrogen and oxygen atoms in total. The lowest BCUT2D eigenvalue weighted by molar-refractivity contribution is -0.118. The number of pyridine rings is 7. The van der Waals surface area contributed by atoms with Gasteiger partial charge in [-0.05, 0) is 338 Å². The summed E-state index contributed by atoms with van der Waals surface area (Å²) in [6.45, 7) is 18.2. The SMILES string of the molecule is CCOc1ccc(-c2ccc3c(c2)CC(=O)CC(c2ccnc(C)c2)=N3)cc1.Cc1cc(C2=Nc3ccc(-c4cc(F)cc(F)c4)cc3CC(=O)C2)ccn1.Cc1cc(C2=Nc3ccc(-c4ccccc4F)cc3CC(=O)C2)ccn1.Cc1cc(C2=Nc3ccc(-c4cccnc4F)cc3CC(=O)C2)ccn1.Cc1ccc2c(c1)CC(=O)CC(c1ccnc(C)c1)=N2.Cc1ccc2c(c1)CC(=O)CC(c1ccnc(C)c1)=N2. The van der Waals surface area contributed by atoms with E-state index >= 15 is 0 Å². The minimum absolute atomic E-state index is 0.0459. The molecule has 0 aliphatic carbocycles. The number of Topliss-reactive ketones (excluding diaryl/α,β-unsaturated/α-hetero) is 6. The van der Waals surface area contributed by atoms with E-state index in [2.05, 4.69) is 59.2 Å². The van der Waals surface area contributed by atoms with Gasteiger partial charge in [0.15, 0.2) is 0 Å². The fourth-order valence-electron chi connectivity index (χ4n) is 18.1. The number of carbonyl (C=O) groups excluding carboxylic acids is 6. The number of carbonyl (C=O) groups is 6. The summed E-state index contributed by atoms with van der Waals surface area (Å²) in [5, 5.41) is 0. The van der Waals surface area contributed by atoms with Crippen molar-refractivity contribution in [1.29, 1.82) is 0 Å². The Hall–Kier alpha value is -17.4. The largest absolute Gasteiger partial charge is 0.494 e. The third-order valence-electron chi connectivity index (χ3n) is 25.2. The zero-order valence-electron chi connectivity index (χ0n) is 82.7. The highest BCUT2D eigenvalue weighted by Crippen LogP contribution is 2.39. The molecule has 6 aliphatic rings. The first-order chi connectivity index (χ1) is 71.0. The first-order valence-electron chi connectivity index (χ1n) is 48.4. The highest BCUT2D eigenvalue weighted by atomic mass is 19.1. The fraction of sp³-hybridized carbons (Fsp3) is 0.179. The van der Waals surface area contributed by atoms with E-state index in [-0.39, 0.29) is 72.6 Å². The number of aryl methyl sites for hydroxylation is 8. The number of aliphatic imine (C=N–C) groups is 6. The van der Waals surface area contributed by atoms with Crippen LogP contribution < -0.4 is 4.74 Å². The van der Waals surface area contributed by atoms with Gasteiger partial charge in [0.05, 0.1) is 75.0 Å². The van der Waals surface area contributed by atoms with Crippen LogP contribution in [0.5, 0.6) is 5.75 Å². The molecule has 730 valence electrons. The van der Waals surface area contributed by atoms with Crippen molar-refractivity contribution in [1.82, 2.24) is 34.9 Å². The lowest BCUT2D eigenvalue weighted by atomic mass is 9.98. The van der Waals surface area contributed by atoms with Crippen molar-refractivity contribution in [3.8, 4) is 50.3 Å². The Bertz CT molecular complexity index is 7750. The Labute approximate surface area is 849 Å². The van der Waals surface area contributed by atoms with Crippen molar-refractivity contribution in [3.05, 3.63) is 440 Å². The van der Waals surface area contributed by atoms with Crippen LogP contribution in [0.15, 0.2) is 334 Å². The predicted molar refractivity (Wildman–Crippen MR) is 570 cm³/mol. The highest BCUT2D eigenvalue weighted by molar-refractivity contribution is 6.18. The molecule has 0 saturated carbocycles. The average Bonchev–Trinajstić information content (AvgIpc) is 1.50. The number of fused-ring (bicyclic) bond motifs is 6. The van der Waals surface area contributed by atoms with Crippen LogP contribution in [0.25, 0.3) is 44.5 Å². The second-order valence-electron chi connectivity index (χ2n) is 36.9. The number of hydrogen-bond acceptors (Lipinski definition) is 20. The zero-order valence-corrected chi connectivity index (χ0v) is 82.7. The molecular formula is C123H103F4N13O7. The monoisotopic (exact) mass is 1950 g/mol. The van der Waals surface area contributed by atoms with E-state index in [4.69, 9.17) is 34.7 Å². The Morgan fingerprint density at radius 1 is 0.231 bits per heavy atom. The van der Waals surface area contributed by atoms with Gasteiger partial charge in [0.25, 0.3) is 0 Å². The molecule has 6 aliphatic heterocycles. The molecule has 0 spiro atoms. The molecule has 0 unspecified atom stereocenters. The van der Waals surface area contributed by atoms with Crippen molar-refractivity contribution in [2.45, 2.75) is 139 Å². The molecule has 16 aromatic rings. The number of aromatic nitrogens is 7. The van der Waals surface area contributed by atoms with Crippen LogP contribution in [0, 0.1) is 78.8 Å². The Kier molecular flexibility index (Phi) is 31.9. The summed E-state index contributed by atoms with van der Waals surface area (Å²) < 4.78 is 60.6. The summed E-state index contributed by atoms with van der Waals surface area (Å²) in [4.78, 5) is 131. The maximum Gasteiger partial charge on any atom is 0.220 e. The third kappa shape index (κ3) is 26.4. The molecule has 13 heterocycles. The Balaban J connectivity index is 0.000000121. The number of rotatable bonds is 12. The first-order valence-corrected chi connectivity index (χ1v) is 48.4. The number of ether oxygens (including phenoxy) is 1. The van der Waals surface area contributed by atoms with Gasteiger partial charge < -0.3 is 4.74 Å². The number of hydrogen-bond donors (Lipinski definition) is 0. The summed E-state index contributed by atoms with van der Waals surface area (Å²) in [5.74, 6) is -0.381. The normalized spacial score (nSPS) is 13.9.